The first-order valence-electron chi connectivity index (χ1n) is 7.99. The number of aryl methyl sites for hydroxylation is 2. The van der Waals surface area contributed by atoms with Crippen LogP contribution in [0.1, 0.15) is 17.5 Å². The van der Waals surface area contributed by atoms with Gasteiger partial charge in [-0.2, -0.15) is 0 Å². The van der Waals surface area contributed by atoms with Crippen LogP contribution in [0.2, 0.25) is 5.02 Å². The molecule has 0 bridgehead atoms. The summed E-state index contributed by atoms with van der Waals surface area (Å²) < 4.78 is 1.00. The molecule has 1 fully saturated rings. The van der Waals surface area contributed by atoms with E-state index in [4.69, 9.17) is 11.6 Å². The number of rotatable bonds is 3. The molecule has 130 valence electrons. The molecule has 2 aromatic rings. The summed E-state index contributed by atoms with van der Waals surface area (Å²) in [6.45, 7) is 4.25. The summed E-state index contributed by atoms with van der Waals surface area (Å²) in [5.41, 5.74) is 3.44. The van der Waals surface area contributed by atoms with Crippen molar-refractivity contribution in [1.29, 1.82) is 0 Å². The molecule has 0 unspecified atom stereocenters. The number of hydrogen-bond acceptors (Lipinski definition) is 2. The second-order valence-electron chi connectivity index (χ2n) is 6.26. The van der Waals surface area contributed by atoms with Crippen molar-refractivity contribution in [1.82, 2.24) is 0 Å². The predicted octanol–water partition coefficient (Wildman–Crippen LogP) is 4.71. The van der Waals surface area contributed by atoms with Crippen LogP contribution in [-0.2, 0) is 9.59 Å². The molecule has 1 aliphatic rings. The molecule has 2 aromatic carbocycles. The molecule has 0 spiro atoms. The topological polar surface area (TPSA) is 49.4 Å². The molecule has 4 nitrogen and oxygen atoms in total. The van der Waals surface area contributed by atoms with Crippen molar-refractivity contribution < 1.29 is 9.59 Å². The predicted molar refractivity (Wildman–Crippen MR) is 104 cm³/mol. The van der Waals surface area contributed by atoms with Crippen LogP contribution >= 0.6 is 27.5 Å². The quantitative estimate of drug-likeness (QED) is 0.780. The fraction of sp³-hybridized carbons (Fsp3) is 0.263. The number of carbonyl (C=O) groups excluding carboxylic acids is 2. The van der Waals surface area contributed by atoms with Crippen LogP contribution in [-0.4, -0.2) is 18.4 Å². The van der Waals surface area contributed by atoms with E-state index < -0.39 is 5.92 Å². The Bertz CT molecular complexity index is 853. The molecule has 1 saturated heterocycles. The molecule has 1 atom stereocenters. The van der Waals surface area contributed by atoms with E-state index in [9.17, 15) is 9.59 Å². The number of amides is 2. The first kappa shape index (κ1) is 18.0. The van der Waals surface area contributed by atoms with Gasteiger partial charge in [-0.05, 0) is 49.2 Å². The van der Waals surface area contributed by atoms with Gasteiger partial charge in [-0.25, -0.2) is 0 Å². The van der Waals surface area contributed by atoms with E-state index in [1.807, 2.05) is 38.1 Å². The van der Waals surface area contributed by atoms with Crippen LogP contribution in [0.5, 0.6) is 0 Å². The first-order chi connectivity index (χ1) is 11.9. The van der Waals surface area contributed by atoms with E-state index in [1.54, 1.807) is 17.0 Å². The van der Waals surface area contributed by atoms with Gasteiger partial charge in [0.05, 0.1) is 16.6 Å². The Labute approximate surface area is 160 Å². The zero-order valence-corrected chi connectivity index (χ0v) is 16.3. The summed E-state index contributed by atoms with van der Waals surface area (Å²) in [6.07, 6.45) is 0.186. The van der Waals surface area contributed by atoms with E-state index >= 15 is 0 Å². The van der Waals surface area contributed by atoms with Crippen molar-refractivity contribution in [2.24, 2.45) is 5.92 Å². The molecule has 0 saturated carbocycles. The van der Waals surface area contributed by atoms with Gasteiger partial charge in [-0.15, -0.1) is 0 Å². The number of hydrogen-bond donors (Lipinski definition) is 1. The van der Waals surface area contributed by atoms with Gasteiger partial charge >= 0.3 is 0 Å². The normalized spacial score (nSPS) is 17.0. The summed E-state index contributed by atoms with van der Waals surface area (Å²) in [7, 11) is 0. The van der Waals surface area contributed by atoms with Gasteiger partial charge in [-0.3, -0.25) is 9.59 Å². The third-order valence-corrected chi connectivity index (χ3v) is 5.58. The monoisotopic (exact) mass is 420 g/mol. The SMILES string of the molecule is Cc1cc(NC(=O)[C@H]2CC(=O)N(c3ccccc3Cl)C2)c(C)cc1Br. The highest BCUT2D eigenvalue weighted by Crippen LogP contribution is 2.32. The first-order valence-corrected chi connectivity index (χ1v) is 9.16. The maximum Gasteiger partial charge on any atom is 0.229 e. The van der Waals surface area contributed by atoms with Crippen molar-refractivity contribution >= 4 is 50.7 Å². The van der Waals surface area contributed by atoms with E-state index in [0.29, 0.717) is 17.3 Å². The minimum Gasteiger partial charge on any atom is -0.326 e. The summed E-state index contributed by atoms with van der Waals surface area (Å²) in [5.74, 6) is -0.628. The summed E-state index contributed by atoms with van der Waals surface area (Å²) in [5, 5.41) is 3.47. The van der Waals surface area contributed by atoms with Crippen molar-refractivity contribution in [2.75, 3.05) is 16.8 Å². The molecule has 1 aliphatic heterocycles. The Kier molecular flexibility index (Phi) is 5.16. The summed E-state index contributed by atoms with van der Waals surface area (Å²) >= 11 is 9.67. The minimum atomic E-state index is -0.396. The minimum absolute atomic E-state index is 0.0861. The number of nitrogens with zero attached hydrogens (tertiary/aromatic N) is 1. The molecule has 0 radical (unpaired) electrons. The highest BCUT2D eigenvalue weighted by atomic mass is 79.9. The lowest BCUT2D eigenvalue weighted by Crippen LogP contribution is -2.28. The standard InChI is InChI=1S/C19H18BrClN2O2/c1-11-8-16(12(2)7-14(11)20)22-19(25)13-9-18(24)23(10-13)17-6-4-3-5-15(17)21/h3-8,13H,9-10H2,1-2H3,(H,22,25)/t13-/m0/s1. The van der Waals surface area contributed by atoms with Gasteiger partial charge < -0.3 is 10.2 Å². The Morgan fingerprint density at radius 3 is 2.68 bits per heavy atom. The van der Waals surface area contributed by atoms with Gasteiger partial charge in [0, 0.05) is 23.1 Å². The average Bonchev–Trinajstić information content (AvgIpc) is 2.95. The van der Waals surface area contributed by atoms with E-state index in [1.165, 1.54) is 0 Å². The summed E-state index contributed by atoms with van der Waals surface area (Å²) in [4.78, 5) is 26.6. The molecule has 1 N–H and O–H groups in total. The third-order valence-electron chi connectivity index (χ3n) is 4.40. The van der Waals surface area contributed by atoms with Crippen LogP contribution < -0.4 is 10.2 Å². The largest absolute Gasteiger partial charge is 0.326 e. The lowest BCUT2D eigenvalue weighted by atomic mass is 10.1. The number of anilines is 2. The van der Waals surface area contributed by atoms with E-state index in [2.05, 4.69) is 21.2 Å². The van der Waals surface area contributed by atoms with Gasteiger partial charge in [0.15, 0.2) is 0 Å². The zero-order valence-electron chi connectivity index (χ0n) is 14.0. The van der Waals surface area contributed by atoms with Crippen molar-refractivity contribution in [2.45, 2.75) is 20.3 Å². The fourth-order valence-corrected chi connectivity index (χ4v) is 3.63. The van der Waals surface area contributed by atoms with Gasteiger partial charge in [0.1, 0.15) is 0 Å². The molecule has 0 aromatic heterocycles. The third kappa shape index (κ3) is 3.72. The highest BCUT2D eigenvalue weighted by molar-refractivity contribution is 9.10. The molecule has 0 aliphatic carbocycles. The molecule has 25 heavy (non-hydrogen) atoms. The van der Waals surface area contributed by atoms with E-state index in [-0.39, 0.29) is 18.2 Å². The van der Waals surface area contributed by atoms with Gasteiger partial charge in [0.25, 0.3) is 0 Å². The molecule has 1 heterocycles. The smallest absolute Gasteiger partial charge is 0.229 e. The van der Waals surface area contributed by atoms with Crippen LogP contribution in [0.4, 0.5) is 11.4 Å². The second-order valence-corrected chi connectivity index (χ2v) is 7.52. The molecule has 3 rings (SSSR count). The summed E-state index contributed by atoms with van der Waals surface area (Å²) in [6, 6.07) is 11.1. The van der Waals surface area contributed by atoms with Crippen LogP contribution in [0.15, 0.2) is 40.9 Å². The van der Waals surface area contributed by atoms with Crippen molar-refractivity contribution in [3.8, 4) is 0 Å². The maximum atomic E-state index is 12.6. The Hall–Kier alpha value is -1.85. The van der Waals surface area contributed by atoms with Crippen LogP contribution in [0.3, 0.4) is 0 Å². The van der Waals surface area contributed by atoms with Crippen molar-refractivity contribution in [3.05, 3.63) is 57.0 Å². The zero-order chi connectivity index (χ0) is 18.1. The average molecular weight is 422 g/mol. The second kappa shape index (κ2) is 7.18. The Morgan fingerprint density at radius 1 is 1.24 bits per heavy atom. The van der Waals surface area contributed by atoms with Crippen LogP contribution in [0.25, 0.3) is 0 Å². The number of nitrogens with one attached hydrogen (secondary N) is 1. The Morgan fingerprint density at radius 2 is 1.96 bits per heavy atom. The molecule has 2 amide bonds. The highest BCUT2D eigenvalue weighted by Gasteiger charge is 2.36. The maximum absolute atomic E-state index is 12.6. The van der Waals surface area contributed by atoms with Crippen LogP contribution in [0, 0.1) is 19.8 Å². The molecular weight excluding hydrogens is 404 g/mol. The number of para-hydroxylation sites is 1. The lowest BCUT2D eigenvalue weighted by Gasteiger charge is -2.18. The number of carbonyl (C=O) groups is 2. The number of halogens is 2. The molecule has 6 heteroatoms. The van der Waals surface area contributed by atoms with E-state index in [0.717, 1.165) is 21.3 Å². The number of benzene rings is 2. The van der Waals surface area contributed by atoms with Gasteiger partial charge in [-0.1, -0.05) is 39.7 Å². The fourth-order valence-electron chi connectivity index (χ4n) is 2.94. The lowest BCUT2D eigenvalue weighted by molar-refractivity contribution is -0.122. The van der Waals surface area contributed by atoms with Crippen molar-refractivity contribution in [3.63, 3.8) is 0 Å². The van der Waals surface area contributed by atoms with Gasteiger partial charge in [0.2, 0.25) is 11.8 Å². The molecular formula is C19H18BrClN2O2. The Balaban J connectivity index is 1.75.